The minimum atomic E-state index is 0.806. The molecular weight excluding hydrogens is 274 g/mol. The van der Waals surface area contributed by atoms with Gasteiger partial charge >= 0.3 is 0 Å². The number of fused-ring (bicyclic) bond motifs is 2. The molecule has 1 aromatic heterocycles. The van der Waals surface area contributed by atoms with Crippen molar-refractivity contribution in [3.05, 3.63) is 34.5 Å². The number of ether oxygens (including phenoxy) is 1. The summed E-state index contributed by atoms with van der Waals surface area (Å²) in [5.41, 5.74) is 7.22. The Balaban J connectivity index is 1.95. The third-order valence-corrected chi connectivity index (χ3v) is 4.97. The van der Waals surface area contributed by atoms with Gasteiger partial charge in [-0.15, -0.1) is 0 Å². The van der Waals surface area contributed by atoms with Gasteiger partial charge in [-0.25, -0.2) is 0 Å². The van der Waals surface area contributed by atoms with Gasteiger partial charge in [0.15, 0.2) is 0 Å². The predicted octanol–water partition coefficient (Wildman–Crippen LogP) is 2.21. The van der Waals surface area contributed by atoms with Gasteiger partial charge in [-0.1, -0.05) is 0 Å². The van der Waals surface area contributed by atoms with Gasteiger partial charge in [-0.05, 0) is 55.8 Å². The summed E-state index contributed by atoms with van der Waals surface area (Å²) in [5.74, 6) is 0. The lowest BCUT2D eigenvalue weighted by Crippen LogP contribution is -2.21. The molecule has 0 saturated heterocycles. The molecule has 0 saturated carbocycles. The molecule has 2 heterocycles. The van der Waals surface area contributed by atoms with Gasteiger partial charge < -0.3 is 14.6 Å². The Bertz CT molecular complexity index is 675. The van der Waals surface area contributed by atoms with E-state index in [1.807, 2.05) is 7.05 Å². The van der Waals surface area contributed by atoms with Crippen LogP contribution in [-0.2, 0) is 31.3 Å². The summed E-state index contributed by atoms with van der Waals surface area (Å²) >= 11 is 0. The normalized spacial score (nSPS) is 14.9. The molecular formula is C18H27N3O. The van der Waals surface area contributed by atoms with Crippen molar-refractivity contribution in [3.8, 4) is 0 Å². The maximum Gasteiger partial charge on any atom is 0.0589 e. The molecule has 0 spiro atoms. The first-order valence-electron chi connectivity index (χ1n) is 8.11. The molecule has 120 valence electrons. The first-order valence-corrected chi connectivity index (χ1v) is 8.11. The molecule has 1 aromatic carbocycles. The molecule has 1 N–H and O–H groups in total. The van der Waals surface area contributed by atoms with E-state index in [2.05, 4.69) is 40.9 Å². The van der Waals surface area contributed by atoms with Gasteiger partial charge in [0.1, 0.15) is 0 Å². The average molecular weight is 301 g/mol. The number of hydrogen-bond donors (Lipinski definition) is 1. The van der Waals surface area contributed by atoms with Gasteiger partial charge in [-0.3, -0.25) is 4.90 Å². The van der Waals surface area contributed by atoms with Crippen molar-refractivity contribution in [2.75, 3.05) is 33.9 Å². The lowest BCUT2D eigenvalue weighted by molar-refractivity contribution is 0.147. The highest BCUT2D eigenvalue weighted by Gasteiger charge is 2.21. The molecule has 1 aliphatic heterocycles. The van der Waals surface area contributed by atoms with Crippen LogP contribution in [0.2, 0.25) is 0 Å². The number of methoxy groups -OCH3 is 1. The van der Waals surface area contributed by atoms with Crippen molar-refractivity contribution >= 4 is 10.9 Å². The number of aryl methyl sites for hydroxylation is 1. The van der Waals surface area contributed by atoms with E-state index in [0.717, 1.165) is 39.2 Å². The van der Waals surface area contributed by atoms with E-state index in [1.165, 1.54) is 33.3 Å². The van der Waals surface area contributed by atoms with E-state index in [4.69, 9.17) is 4.74 Å². The van der Waals surface area contributed by atoms with Gasteiger partial charge in [0.25, 0.3) is 0 Å². The quantitative estimate of drug-likeness (QED) is 0.887. The van der Waals surface area contributed by atoms with Crippen molar-refractivity contribution in [3.63, 3.8) is 0 Å². The van der Waals surface area contributed by atoms with Crippen molar-refractivity contribution in [1.29, 1.82) is 0 Å². The second-order valence-electron chi connectivity index (χ2n) is 6.32. The van der Waals surface area contributed by atoms with Crippen LogP contribution in [0, 0.1) is 6.92 Å². The van der Waals surface area contributed by atoms with Gasteiger partial charge in [0.05, 0.1) is 6.61 Å². The molecule has 0 radical (unpaired) electrons. The number of hydrogen-bond acceptors (Lipinski definition) is 3. The number of nitrogens with zero attached hydrogens (tertiary/aromatic N) is 2. The summed E-state index contributed by atoms with van der Waals surface area (Å²) < 4.78 is 7.56. The van der Waals surface area contributed by atoms with E-state index >= 15 is 0 Å². The molecule has 22 heavy (non-hydrogen) atoms. The molecule has 0 aliphatic carbocycles. The molecule has 0 unspecified atom stereocenters. The maximum absolute atomic E-state index is 5.21. The van der Waals surface area contributed by atoms with Crippen LogP contribution in [0.5, 0.6) is 0 Å². The lowest BCUT2D eigenvalue weighted by Gasteiger charge is -2.13. The molecule has 2 aromatic rings. The van der Waals surface area contributed by atoms with Crippen molar-refractivity contribution < 1.29 is 4.74 Å². The first-order chi connectivity index (χ1) is 10.7. The van der Waals surface area contributed by atoms with Crippen LogP contribution in [0.1, 0.15) is 22.4 Å². The predicted molar refractivity (Wildman–Crippen MR) is 91.3 cm³/mol. The third-order valence-electron chi connectivity index (χ3n) is 4.97. The average Bonchev–Trinajstić information content (AvgIpc) is 3.02. The second-order valence-corrected chi connectivity index (χ2v) is 6.32. The van der Waals surface area contributed by atoms with E-state index in [0.29, 0.717) is 0 Å². The van der Waals surface area contributed by atoms with Crippen LogP contribution in [0.25, 0.3) is 10.9 Å². The Morgan fingerprint density at radius 1 is 1.23 bits per heavy atom. The molecule has 4 heteroatoms. The number of nitrogens with one attached hydrogen (secondary N) is 1. The van der Waals surface area contributed by atoms with E-state index < -0.39 is 0 Å². The molecule has 4 nitrogen and oxygen atoms in total. The Morgan fingerprint density at radius 3 is 2.64 bits per heavy atom. The van der Waals surface area contributed by atoms with Gasteiger partial charge in [-0.2, -0.15) is 0 Å². The summed E-state index contributed by atoms with van der Waals surface area (Å²) in [4.78, 5) is 2.47. The zero-order chi connectivity index (χ0) is 15.7. The van der Waals surface area contributed by atoms with Crippen LogP contribution in [0.15, 0.2) is 12.1 Å². The summed E-state index contributed by atoms with van der Waals surface area (Å²) in [6.45, 7) is 7.17. The number of likely N-dealkylation sites (N-methyl/N-ethyl adjacent to an activating group) is 1. The van der Waals surface area contributed by atoms with Crippen molar-refractivity contribution in [2.45, 2.75) is 26.4 Å². The zero-order valence-corrected chi connectivity index (χ0v) is 14.2. The summed E-state index contributed by atoms with van der Waals surface area (Å²) in [5, 5.41) is 4.70. The van der Waals surface area contributed by atoms with Crippen molar-refractivity contribution in [1.82, 2.24) is 14.8 Å². The van der Waals surface area contributed by atoms with Crippen LogP contribution in [0.3, 0.4) is 0 Å². The van der Waals surface area contributed by atoms with E-state index in [9.17, 15) is 0 Å². The zero-order valence-electron chi connectivity index (χ0n) is 14.2. The number of benzene rings is 1. The van der Waals surface area contributed by atoms with Crippen LogP contribution in [0.4, 0.5) is 0 Å². The molecule has 0 amide bonds. The molecule has 3 rings (SSSR count). The highest BCUT2D eigenvalue weighted by atomic mass is 16.5. The Kier molecular flexibility index (Phi) is 4.52. The monoisotopic (exact) mass is 301 g/mol. The number of aromatic nitrogens is 1. The van der Waals surface area contributed by atoms with Gasteiger partial charge in [0, 0.05) is 50.4 Å². The Labute approximate surface area is 133 Å². The Hall–Kier alpha value is -1.36. The third kappa shape index (κ3) is 2.67. The standard InChI is InChI=1S/C18H27N3O/c1-13-16(5-6-19-2)17-9-14-11-21(7-8-22-4)12-15(14)10-18(17)20(13)3/h9-10,19H,5-8,11-12H2,1-4H3. The molecule has 0 atom stereocenters. The number of rotatable bonds is 6. The second kappa shape index (κ2) is 6.41. The van der Waals surface area contributed by atoms with Crippen molar-refractivity contribution in [2.24, 2.45) is 7.05 Å². The summed E-state index contributed by atoms with van der Waals surface area (Å²) in [7, 11) is 5.98. The fourth-order valence-electron chi connectivity index (χ4n) is 3.55. The highest BCUT2D eigenvalue weighted by molar-refractivity contribution is 5.87. The summed E-state index contributed by atoms with van der Waals surface area (Å²) in [6.07, 6.45) is 1.09. The van der Waals surface area contributed by atoms with E-state index in [-0.39, 0.29) is 0 Å². The van der Waals surface area contributed by atoms with Crippen LogP contribution in [-0.4, -0.2) is 43.3 Å². The largest absolute Gasteiger partial charge is 0.383 e. The SMILES string of the molecule is CNCCc1c(C)n(C)c2cc3c(cc12)CN(CCOC)C3. The lowest BCUT2D eigenvalue weighted by atomic mass is 10.0. The summed E-state index contributed by atoms with van der Waals surface area (Å²) in [6, 6.07) is 4.82. The smallest absolute Gasteiger partial charge is 0.0589 e. The molecule has 0 fully saturated rings. The minimum Gasteiger partial charge on any atom is -0.383 e. The fraction of sp³-hybridized carbons (Fsp3) is 0.556. The molecule has 1 aliphatic rings. The fourth-order valence-corrected chi connectivity index (χ4v) is 3.55. The van der Waals surface area contributed by atoms with Gasteiger partial charge in [0.2, 0.25) is 0 Å². The Morgan fingerprint density at radius 2 is 1.95 bits per heavy atom. The van der Waals surface area contributed by atoms with E-state index in [1.54, 1.807) is 7.11 Å². The van der Waals surface area contributed by atoms with Crippen LogP contribution >= 0.6 is 0 Å². The maximum atomic E-state index is 5.21. The molecule has 0 bridgehead atoms. The highest BCUT2D eigenvalue weighted by Crippen LogP contribution is 2.32. The van der Waals surface area contributed by atoms with Crippen LogP contribution < -0.4 is 5.32 Å². The minimum absolute atomic E-state index is 0.806. The first kappa shape index (κ1) is 15.5. The topological polar surface area (TPSA) is 29.4 Å².